The molecule has 0 aromatic carbocycles. The molecular weight excluding hydrogens is 528 g/mol. The molecule has 3 fully saturated rings. The van der Waals surface area contributed by atoms with Crippen LogP contribution in [0, 0.1) is 39.4 Å². The predicted octanol–water partition coefficient (Wildman–Crippen LogP) is 2.47. The van der Waals surface area contributed by atoms with Gasteiger partial charge in [-0.1, -0.05) is 39.3 Å². The van der Waals surface area contributed by atoms with Crippen molar-refractivity contribution in [3.8, 4) is 0 Å². The van der Waals surface area contributed by atoms with Gasteiger partial charge in [0, 0.05) is 37.0 Å². The summed E-state index contributed by atoms with van der Waals surface area (Å²) in [6, 6.07) is 0. The molecule has 3 saturated carbocycles. The summed E-state index contributed by atoms with van der Waals surface area (Å²) in [5.74, 6) is -3.89. The van der Waals surface area contributed by atoms with E-state index in [0.717, 1.165) is 11.6 Å². The maximum Gasteiger partial charge on any atom is 0.303 e. The number of allylic oxidation sites excluding steroid dienone is 1. The summed E-state index contributed by atoms with van der Waals surface area (Å²) in [6.07, 6.45) is 2.64. The van der Waals surface area contributed by atoms with Crippen LogP contribution in [0.3, 0.4) is 0 Å². The third-order valence-corrected chi connectivity index (χ3v) is 11.6. The molecule has 0 spiro atoms. The SMILES string of the molecule is CC(=O)OC(C)(C)C=CC(=O)C(C)(O)C1C(O)CC2(C)C3CC=C4C(CC(=O)C(O)C4(C)C)C3(CO)C(=O)CC12C. The summed E-state index contributed by atoms with van der Waals surface area (Å²) in [5, 5.41) is 45.0. The van der Waals surface area contributed by atoms with Gasteiger partial charge in [-0.15, -0.1) is 0 Å². The molecule has 4 N–H and O–H groups in total. The first-order valence-electron chi connectivity index (χ1n) is 14.5. The molecule has 0 bridgehead atoms. The number of ketones is 3. The summed E-state index contributed by atoms with van der Waals surface area (Å²) in [6.45, 7) is 12.7. The highest BCUT2D eigenvalue weighted by Gasteiger charge is 2.75. The molecule has 0 radical (unpaired) electrons. The number of esters is 1. The average molecular weight is 575 g/mol. The number of Topliss-reactive ketones (excluding diaryl/α,β-unsaturated/α-hetero) is 2. The maximum atomic E-state index is 14.4. The Morgan fingerprint density at radius 2 is 1.71 bits per heavy atom. The Bertz CT molecular complexity index is 1230. The van der Waals surface area contributed by atoms with E-state index in [-0.39, 0.29) is 30.8 Å². The van der Waals surface area contributed by atoms with Gasteiger partial charge in [-0.3, -0.25) is 19.2 Å². The van der Waals surface area contributed by atoms with Gasteiger partial charge >= 0.3 is 5.97 Å². The third kappa shape index (κ3) is 4.33. The van der Waals surface area contributed by atoms with Gasteiger partial charge in [0.05, 0.1) is 18.1 Å². The number of ether oxygens (including phenoxy) is 1. The molecule has 9 atom stereocenters. The first kappa shape index (κ1) is 31.7. The number of hydrogen-bond donors (Lipinski definition) is 4. The minimum absolute atomic E-state index is 0.0584. The Labute approximate surface area is 242 Å². The number of hydrogen-bond acceptors (Lipinski definition) is 9. The van der Waals surface area contributed by atoms with Crippen molar-refractivity contribution in [1.29, 1.82) is 0 Å². The zero-order valence-corrected chi connectivity index (χ0v) is 25.5. The van der Waals surface area contributed by atoms with Crippen molar-refractivity contribution in [3.63, 3.8) is 0 Å². The van der Waals surface area contributed by atoms with Gasteiger partial charge in [-0.05, 0) is 62.5 Å². The lowest BCUT2D eigenvalue weighted by Gasteiger charge is -2.64. The van der Waals surface area contributed by atoms with E-state index in [2.05, 4.69) is 0 Å². The Kier molecular flexibility index (Phi) is 7.47. The van der Waals surface area contributed by atoms with Crippen molar-refractivity contribution >= 4 is 23.3 Å². The number of carbonyl (C=O) groups is 4. The van der Waals surface area contributed by atoms with Crippen molar-refractivity contribution in [3.05, 3.63) is 23.8 Å². The molecule has 9 unspecified atom stereocenters. The van der Waals surface area contributed by atoms with Gasteiger partial charge in [0.15, 0.2) is 11.6 Å². The van der Waals surface area contributed by atoms with Crippen LogP contribution in [0.5, 0.6) is 0 Å². The van der Waals surface area contributed by atoms with Crippen LogP contribution >= 0.6 is 0 Å². The van der Waals surface area contributed by atoms with Crippen molar-refractivity contribution in [2.45, 2.75) is 104 Å². The van der Waals surface area contributed by atoms with Crippen molar-refractivity contribution in [2.24, 2.45) is 39.4 Å². The lowest BCUT2D eigenvalue weighted by Crippen LogP contribution is -2.67. The smallest absolute Gasteiger partial charge is 0.303 e. The van der Waals surface area contributed by atoms with Crippen LogP contribution in [0.15, 0.2) is 23.8 Å². The van der Waals surface area contributed by atoms with Crippen LogP contribution in [0.4, 0.5) is 0 Å². The van der Waals surface area contributed by atoms with E-state index in [9.17, 15) is 39.6 Å². The van der Waals surface area contributed by atoms with Crippen molar-refractivity contribution in [2.75, 3.05) is 6.61 Å². The summed E-state index contributed by atoms with van der Waals surface area (Å²) < 4.78 is 5.22. The standard InChI is InChI=1S/C32H46O9/c1-17(34)41-27(2,3)12-11-23(37)31(8,40)25-21(36)14-29(6)22-10-9-18-19(13-20(35)26(39)28(18,4)5)32(22,16-33)24(38)15-30(25,29)7/h9,11-12,19,21-22,25-26,33,36,39-40H,10,13-16H2,1-8H3. The molecule has 0 heterocycles. The van der Waals surface area contributed by atoms with Crippen LogP contribution in [0.1, 0.15) is 81.1 Å². The monoisotopic (exact) mass is 574 g/mol. The molecule has 0 saturated heterocycles. The number of aliphatic hydroxyl groups excluding tert-OH is 3. The predicted molar refractivity (Wildman–Crippen MR) is 149 cm³/mol. The number of aliphatic hydroxyl groups is 4. The Hall–Kier alpha value is -2.20. The van der Waals surface area contributed by atoms with Gasteiger partial charge < -0.3 is 25.2 Å². The first-order valence-corrected chi connectivity index (χ1v) is 14.5. The molecular formula is C32H46O9. The molecule has 0 aliphatic heterocycles. The van der Waals surface area contributed by atoms with E-state index < -0.39 is 81.2 Å². The lowest BCUT2D eigenvalue weighted by molar-refractivity contribution is -0.191. The van der Waals surface area contributed by atoms with E-state index in [1.807, 2.05) is 19.9 Å². The third-order valence-electron chi connectivity index (χ3n) is 11.6. The Morgan fingerprint density at radius 3 is 2.27 bits per heavy atom. The quantitative estimate of drug-likeness (QED) is 0.212. The highest BCUT2D eigenvalue weighted by atomic mass is 16.6. The maximum absolute atomic E-state index is 14.4. The molecule has 0 aromatic heterocycles. The summed E-state index contributed by atoms with van der Waals surface area (Å²) >= 11 is 0. The topological polar surface area (TPSA) is 158 Å². The molecule has 9 heteroatoms. The van der Waals surface area contributed by atoms with Crippen LogP contribution in [-0.2, 0) is 23.9 Å². The van der Waals surface area contributed by atoms with Gasteiger partial charge in [-0.2, -0.15) is 0 Å². The largest absolute Gasteiger partial charge is 0.456 e. The molecule has 0 aromatic rings. The lowest BCUT2D eigenvalue weighted by atomic mass is 9.38. The average Bonchev–Trinajstić information content (AvgIpc) is 3.05. The second kappa shape index (κ2) is 9.66. The highest BCUT2D eigenvalue weighted by Crippen LogP contribution is 2.74. The molecule has 4 aliphatic carbocycles. The van der Waals surface area contributed by atoms with Gasteiger partial charge in [0.1, 0.15) is 23.1 Å². The minimum atomic E-state index is -2.06. The zero-order chi connectivity index (χ0) is 31.1. The molecule has 4 rings (SSSR count). The minimum Gasteiger partial charge on any atom is -0.456 e. The molecule has 4 aliphatic rings. The normalized spacial score (nSPS) is 41.7. The van der Waals surface area contributed by atoms with E-state index >= 15 is 0 Å². The summed E-state index contributed by atoms with van der Waals surface area (Å²) in [7, 11) is 0. The van der Waals surface area contributed by atoms with Crippen LogP contribution < -0.4 is 0 Å². The van der Waals surface area contributed by atoms with Crippen LogP contribution in [0.25, 0.3) is 0 Å². The number of fused-ring (bicyclic) bond motifs is 5. The van der Waals surface area contributed by atoms with E-state index in [4.69, 9.17) is 4.74 Å². The van der Waals surface area contributed by atoms with Crippen molar-refractivity contribution < 1.29 is 44.3 Å². The summed E-state index contributed by atoms with van der Waals surface area (Å²) in [5.41, 5.74) is -6.35. The fourth-order valence-corrected chi connectivity index (χ4v) is 9.43. The van der Waals surface area contributed by atoms with E-state index in [1.54, 1.807) is 27.7 Å². The molecule has 9 nitrogen and oxygen atoms in total. The molecule has 41 heavy (non-hydrogen) atoms. The Balaban J connectivity index is 1.78. The van der Waals surface area contributed by atoms with Gasteiger partial charge in [0.2, 0.25) is 0 Å². The number of rotatable bonds is 6. The molecule has 0 amide bonds. The zero-order valence-electron chi connectivity index (χ0n) is 25.5. The van der Waals surface area contributed by atoms with Gasteiger partial charge in [0.25, 0.3) is 0 Å². The summed E-state index contributed by atoms with van der Waals surface area (Å²) in [4.78, 5) is 52.2. The van der Waals surface area contributed by atoms with Crippen molar-refractivity contribution in [1.82, 2.24) is 0 Å². The first-order chi connectivity index (χ1) is 18.6. The van der Waals surface area contributed by atoms with Crippen LogP contribution in [-0.4, -0.2) is 73.8 Å². The van der Waals surface area contributed by atoms with E-state index in [0.29, 0.717) is 6.42 Å². The van der Waals surface area contributed by atoms with E-state index in [1.165, 1.54) is 19.9 Å². The molecule has 228 valence electrons. The fraction of sp³-hybridized carbons (Fsp3) is 0.750. The highest BCUT2D eigenvalue weighted by molar-refractivity contribution is 5.97. The van der Waals surface area contributed by atoms with Crippen LogP contribution in [0.2, 0.25) is 0 Å². The second-order valence-corrected chi connectivity index (χ2v) is 14.7. The fourth-order valence-electron chi connectivity index (χ4n) is 9.43. The second-order valence-electron chi connectivity index (χ2n) is 14.7. The Morgan fingerprint density at radius 1 is 1.10 bits per heavy atom. The number of carbonyl (C=O) groups excluding carboxylic acids is 4. The van der Waals surface area contributed by atoms with Gasteiger partial charge in [-0.25, -0.2) is 0 Å².